The number of pyridine rings is 1. The number of hydrogen-bond donors (Lipinski definition) is 0. The molecule has 4 rings (SSSR count). The molecule has 1 amide bonds. The molecule has 2 saturated heterocycles. The molecule has 0 saturated carbocycles. The molecule has 8 heteroatoms. The quantitative estimate of drug-likeness (QED) is 0.709. The van der Waals surface area contributed by atoms with Gasteiger partial charge in [-0.15, -0.1) is 0 Å². The summed E-state index contributed by atoms with van der Waals surface area (Å²) in [5.41, 5.74) is 2.64. The van der Waals surface area contributed by atoms with Gasteiger partial charge < -0.3 is 4.90 Å². The molecule has 7 nitrogen and oxygen atoms in total. The highest BCUT2D eigenvalue weighted by Gasteiger charge is 2.34. The van der Waals surface area contributed by atoms with Crippen LogP contribution in [0.25, 0.3) is 0 Å². The molecule has 2 aliphatic rings. The molecule has 3 heterocycles. The maximum atomic E-state index is 13.0. The number of amides is 1. The van der Waals surface area contributed by atoms with Crippen LogP contribution in [0.1, 0.15) is 24.0 Å². The first-order valence-corrected chi connectivity index (χ1v) is 12.3. The van der Waals surface area contributed by atoms with Crippen molar-refractivity contribution in [2.24, 2.45) is 5.92 Å². The zero-order valence-corrected chi connectivity index (χ0v) is 18.8. The number of aryl methyl sites for hydroxylation is 1. The van der Waals surface area contributed by atoms with E-state index < -0.39 is 10.0 Å². The number of sulfonamides is 1. The van der Waals surface area contributed by atoms with E-state index in [0.717, 1.165) is 32.7 Å². The Morgan fingerprint density at radius 3 is 2.35 bits per heavy atom. The van der Waals surface area contributed by atoms with Gasteiger partial charge in [-0.25, -0.2) is 8.42 Å². The normalized spacial score (nSPS) is 19.5. The molecule has 0 bridgehead atoms. The fourth-order valence-electron chi connectivity index (χ4n) is 4.40. The van der Waals surface area contributed by atoms with Crippen LogP contribution in [-0.2, 0) is 21.4 Å². The minimum absolute atomic E-state index is 0.0942. The van der Waals surface area contributed by atoms with E-state index >= 15 is 0 Å². The molecular formula is C23H30N4O3S. The van der Waals surface area contributed by atoms with E-state index in [4.69, 9.17) is 0 Å². The van der Waals surface area contributed by atoms with Crippen molar-refractivity contribution in [3.8, 4) is 0 Å². The van der Waals surface area contributed by atoms with Gasteiger partial charge >= 0.3 is 0 Å². The number of hydrogen-bond acceptors (Lipinski definition) is 5. The molecule has 1 aromatic heterocycles. The van der Waals surface area contributed by atoms with Gasteiger partial charge in [-0.05, 0) is 43.0 Å². The number of nitrogens with zero attached hydrogens (tertiary/aromatic N) is 4. The Kier molecular flexibility index (Phi) is 6.69. The van der Waals surface area contributed by atoms with Gasteiger partial charge in [-0.3, -0.25) is 14.7 Å². The lowest BCUT2D eigenvalue weighted by atomic mass is 9.96. The molecule has 2 fully saturated rings. The van der Waals surface area contributed by atoms with Gasteiger partial charge in [0.15, 0.2) is 0 Å². The van der Waals surface area contributed by atoms with Crippen molar-refractivity contribution in [1.82, 2.24) is 19.1 Å². The summed E-state index contributed by atoms with van der Waals surface area (Å²) < 4.78 is 27.0. The average Bonchev–Trinajstić information content (AvgIpc) is 2.81. The van der Waals surface area contributed by atoms with Crippen LogP contribution in [-0.4, -0.2) is 72.7 Å². The van der Waals surface area contributed by atoms with Crippen molar-refractivity contribution < 1.29 is 13.2 Å². The third-order valence-corrected chi connectivity index (χ3v) is 8.30. The topological polar surface area (TPSA) is 73.8 Å². The minimum Gasteiger partial charge on any atom is -0.340 e. The van der Waals surface area contributed by atoms with Gasteiger partial charge in [-0.1, -0.05) is 24.3 Å². The third kappa shape index (κ3) is 4.97. The molecule has 0 spiro atoms. The molecule has 166 valence electrons. The van der Waals surface area contributed by atoms with E-state index in [0.29, 0.717) is 25.9 Å². The fraction of sp³-hybridized carbons (Fsp3) is 0.478. The van der Waals surface area contributed by atoms with E-state index in [1.807, 2.05) is 4.90 Å². The highest BCUT2D eigenvalue weighted by Crippen LogP contribution is 2.25. The number of rotatable bonds is 5. The first-order valence-electron chi connectivity index (χ1n) is 10.9. The summed E-state index contributed by atoms with van der Waals surface area (Å²) in [6.45, 7) is 7.01. The Labute approximate surface area is 184 Å². The number of piperazine rings is 1. The van der Waals surface area contributed by atoms with Crippen molar-refractivity contribution in [2.75, 3.05) is 39.3 Å². The molecule has 2 aromatic rings. The Bertz CT molecular complexity index is 996. The summed E-state index contributed by atoms with van der Waals surface area (Å²) in [5, 5.41) is 0. The Balaban J connectivity index is 1.27. The molecule has 0 aliphatic carbocycles. The lowest BCUT2D eigenvalue weighted by Gasteiger charge is -2.38. The van der Waals surface area contributed by atoms with E-state index in [1.165, 1.54) is 21.6 Å². The minimum atomic E-state index is -3.54. The third-order valence-electron chi connectivity index (χ3n) is 6.41. The molecule has 0 radical (unpaired) electrons. The summed E-state index contributed by atoms with van der Waals surface area (Å²) in [6, 6.07) is 11.6. The van der Waals surface area contributed by atoms with Crippen molar-refractivity contribution in [3.05, 3.63) is 59.9 Å². The van der Waals surface area contributed by atoms with Crippen LogP contribution in [0.3, 0.4) is 0 Å². The SMILES string of the molecule is Cc1ccccc1CN1CCN(C(=O)C2CCN(S(=O)(=O)c3cccnc3)CC2)CC1. The van der Waals surface area contributed by atoms with Crippen LogP contribution in [0.5, 0.6) is 0 Å². The smallest absolute Gasteiger partial charge is 0.244 e. The van der Waals surface area contributed by atoms with E-state index in [2.05, 4.69) is 41.1 Å². The van der Waals surface area contributed by atoms with Gasteiger partial charge in [0.05, 0.1) is 0 Å². The highest BCUT2D eigenvalue weighted by molar-refractivity contribution is 7.89. The Morgan fingerprint density at radius 2 is 1.71 bits per heavy atom. The van der Waals surface area contributed by atoms with Gasteiger partial charge in [0.1, 0.15) is 4.90 Å². The molecule has 0 N–H and O–H groups in total. The van der Waals surface area contributed by atoms with Crippen molar-refractivity contribution in [3.63, 3.8) is 0 Å². The van der Waals surface area contributed by atoms with Crippen LogP contribution < -0.4 is 0 Å². The molecule has 0 unspecified atom stereocenters. The van der Waals surface area contributed by atoms with Crippen molar-refractivity contribution in [2.45, 2.75) is 31.2 Å². The summed E-state index contributed by atoms with van der Waals surface area (Å²) in [4.78, 5) is 21.5. The molecule has 0 atom stereocenters. The van der Waals surface area contributed by atoms with Crippen LogP contribution in [0.15, 0.2) is 53.7 Å². The highest BCUT2D eigenvalue weighted by atomic mass is 32.2. The maximum Gasteiger partial charge on any atom is 0.244 e. The fourth-order valence-corrected chi connectivity index (χ4v) is 5.84. The summed E-state index contributed by atoms with van der Waals surface area (Å²) in [7, 11) is -3.54. The van der Waals surface area contributed by atoms with Crippen molar-refractivity contribution in [1.29, 1.82) is 0 Å². The number of carbonyl (C=O) groups is 1. The largest absolute Gasteiger partial charge is 0.340 e. The monoisotopic (exact) mass is 442 g/mol. The van der Waals surface area contributed by atoms with Crippen LogP contribution in [0.4, 0.5) is 0 Å². The molecule has 2 aliphatic heterocycles. The van der Waals surface area contributed by atoms with Crippen molar-refractivity contribution >= 4 is 15.9 Å². The first-order chi connectivity index (χ1) is 14.9. The number of benzene rings is 1. The van der Waals surface area contributed by atoms with E-state index in [-0.39, 0.29) is 16.7 Å². The average molecular weight is 443 g/mol. The van der Waals surface area contributed by atoms with Crippen LogP contribution in [0, 0.1) is 12.8 Å². The zero-order valence-electron chi connectivity index (χ0n) is 18.0. The predicted molar refractivity (Wildman–Crippen MR) is 119 cm³/mol. The summed E-state index contributed by atoms with van der Waals surface area (Å²) in [5.74, 6) is 0.0808. The number of carbonyl (C=O) groups excluding carboxylic acids is 1. The van der Waals surface area contributed by atoms with Gasteiger partial charge in [0.2, 0.25) is 15.9 Å². The second-order valence-corrected chi connectivity index (χ2v) is 10.3. The number of aromatic nitrogens is 1. The number of piperidine rings is 1. The zero-order chi connectivity index (χ0) is 21.8. The van der Waals surface area contributed by atoms with Gasteiger partial charge in [0, 0.05) is 64.1 Å². The molecule has 31 heavy (non-hydrogen) atoms. The molecular weight excluding hydrogens is 412 g/mol. The summed E-state index contributed by atoms with van der Waals surface area (Å²) in [6.07, 6.45) is 4.08. The van der Waals surface area contributed by atoms with Crippen LogP contribution in [0.2, 0.25) is 0 Å². The standard InChI is InChI=1S/C23H30N4O3S/c1-19-5-2-3-6-21(19)18-25-13-15-26(16-14-25)23(28)20-8-11-27(12-9-20)31(29,30)22-7-4-10-24-17-22/h2-7,10,17,20H,8-9,11-16,18H2,1H3. The lowest BCUT2D eigenvalue weighted by Crippen LogP contribution is -2.51. The Hall–Kier alpha value is -2.29. The van der Waals surface area contributed by atoms with Crippen LogP contribution >= 0.6 is 0 Å². The predicted octanol–water partition coefficient (Wildman–Crippen LogP) is 2.14. The second kappa shape index (κ2) is 9.46. The van der Waals surface area contributed by atoms with Gasteiger partial charge in [0.25, 0.3) is 0 Å². The maximum absolute atomic E-state index is 13.0. The second-order valence-electron chi connectivity index (χ2n) is 8.40. The van der Waals surface area contributed by atoms with Gasteiger partial charge in [-0.2, -0.15) is 4.31 Å². The first kappa shape index (κ1) is 21.9. The Morgan fingerprint density at radius 1 is 1.00 bits per heavy atom. The van der Waals surface area contributed by atoms with E-state index in [1.54, 1.807) is 18.3 Å². The lowest BCUT2D eigenvalue weighted by molar-refractivity contribution is -0.138. The van der Waals surface area contributed by atoms with E-state index in [9.17, 15) is 13.2 Å². The molecule has 1 aromatic carbocycles. The summed E-state index contributed by atoms with van der Waals surface area (Å²) >= 11 is 0.